The first-order valence-electron chi connectivity index (χ1n) is 8.23. The number of hydrogen-bond acceptors (Lipinski definition) is 4. The van der Waals surface area contributed by atoms with Gasteiger partial charge in [-0.25, -0.2) is 0 Å². The molecule has 1 heterocycles. The summed E-state index contributed by atoms with van der Waals surface area (Å²) in [6.45, 7) is 3.57. The second-order valence-corrected chi connectivity index (χ2v) is 5.82. The van der Waals surface area contributed by atoms with Gasteiger partial charge in [0.1, 0.15) is 12.4 Å². The predicted octanol–water partition coefficient (Wildman–Crippen LogP) is 2.43. The Morgan fingerprint density at radius 2 is 2.17 bits per heavy atom. The minimum absolute atomic E-state index is 0.0390. The average molecular weight is 319 g/mol. The number of benzene rings is 1. The average Bonchev–Trinajstić information content (AvgIpc) is 2.98. The number of likely N-dealkylation sites (N-methyl/N-ethyl adjacent to an activating group) is 1. The number of rotatable bonds is 8. The van der Waals surface area contributed by atoms with Crippen LogP contribution in [0, 0.1) is 5.92 Å². The smallest absolute Gasteiger partial charge is 0.309 e. The molecule has 1 saturated heterocycles. The third kappa shape index (κ3) is 4.98. The zero-order valence-corrected chi connectivity index (χ0v) is 13.9. The van der Waals surface area contributed by atoms with Crippen molar-refractivity contribution in [3.8, 4) is 5.75 Å². The Labute approximate surface area is 137 Å². The summed E-state index contributed by atoms with van der Waals surface area (Å²) < 4.78 is 10.7. The highest BCUT2D eigenvalue weighted by Crippen LogP contribution is 2.20. The molecule has 1 fully saturated rings. The molecule has 126 valence electrons. The molecular weight excluding hydrogens is 294 g/mol. The zero-order chi connectivity index (χ0) is 16.7. The van der Waals surface area contributed by atoms with Crippen molar-refractivity contribution in [2.24, 2.45) is 5.92 Å². The summed E-state index contributed by atoms with van der Waals surface area (Å²) in [6, 6.07) is 7.94. The van der Waals surface area contributed by atoms with E-state index < -0.39 is 0 Å². The van der Waals surface area contributed by atoms with E-state index in [1.165, 1.54) is 5.56 Å². The van der Waals surface area contributed by atoms with Crippen molar-refractivity contribution >= 4 is 11.9 Å². The molecule has 5 nitrogen and oxygen atoms in total. The van der Waals surface area contributed by atoms with Crippen LogP contribution in [0.15, 0.2) is 24.3 Å². The Bertz CT molecular complexity index is 544. The molecule has 0 radical (unpaired) electrons. The molecule has 0 aliphatic carbocycles. The van der Waals surface area contributed by atoms with Crippen LogP contribution in [0.25, 0.3) is 0 Å². The highest BCUT2D eigenvalue weighted by atomic mass is 16.5. The molecule has 0 spiro atoms. The molecular formula is C18H25NO4. The minimum Gasteiger partial charge on any atom is -0.491 e. The monoisotopic (exact) mass is 319 g/mol. The number of aryl methyl sites for hydroxylation is 1. The molecule has 1 aromatic rings. The van der Waals surface area contributed by atoms with Crippen LogP contribution in [-0.2, 0) is 20.7 Å². The lowest BCUT2D eigenvalue weighted by Crippen LogP contribution is -2.31. The van der Waals surface area contributed by atoms with Crippen molar-refractivity contribution in [2.45, 2.75) is 32.6 Å². The molecule has 1 atom stereocenters. The van der Waals surface area contributed by atoms with E-state index in [0.717, 1.165) is 18.6 Å². The van der Waals surface area contributed by atoms with E-state index in [1.54, 1.807) is 11.9 Å². The second-order valence-electron chi connectivity index (χ2n) is 5.82. The van der Waals surface area contributed by atoms with E-state index >= 15 is 0 Å². The summed E-state index contributed by atoms with van der Waals surface area (Å²) in [6.07, 6.45) is 2.60. The van der Waals surface area contributed by atoms with Gasteiger partial charge in [-0.05, 0) is 30.9 Å². The van der Waals surface area contributed by atoms with Gasteiger partial charge in [0.05, 0.1) is 19.1 Å². The van der Waals surface area contributed by atoms with Gasteiger partial charge < -0.3 is 14.4 Å². The van der Waals surface area contributed by atoms with Crippen LogP contribution in [-0.4, -0.2) is 43.6 Å². The SMILES string of the molecule is CCc1ccccc1OCCN(C)C(=O)CC[C@H]1CCOC1=O. The summed E-state index contributed by atoms with van der Waals surface area (Å²) >= 11 is 0. The number of ether oxygens (including phenoxy) is 2. The number of cyclic esters (lactones) is 1. The van der Waals surface area contributed by atoms with Crippen LogP contribution in [0.3, 0.4) is 0 Å². The molecule has 5 heteroatoms. The topological polar surface area (TPSA) is 55.8 Å². The van der Waals surface area contributed by atoms with Gasteiger partial charge in [0, 0.05) is 13.5 Å². The number of amides is 1. The molecule has 1 aliphatic heterocycles. The van der Waals surface area contributed by atoms with Crippen molar-refractivity contribution in [3.05, 3.63) is 29.8 Å². The van der Waals surface area contributed by atoms with Gasteiger partial charge in [-0.1, -0.05) is 25.1 Å². The van der Waals surface area contributed by atoms with Gasteiger partial charge in [0.2, 0.25) is 5.91 Å². The largest absolute Gasteiger partial charge is 0.491 e. The molecule has 1 amide bonds. The fraction of sp³-hybridized carbons (Fsp3) is 0.556. The first kappa shape index (κ1) is 17.3. The summed E-state index contributed by atoms with van der Waals surface area (Å²) in [5, 5.41) is 0. The maximum atomic E-state index is 12.1. The second kappa shape index (κ2) is 8.56. The molecule has 23 heavy (non-hydrogen) atoms. The Morgan fingerprint density at radius 3 is 2.87 bits per heavy atom. The number of nitrogens with zero attached hydrogens (tertiary/aromatic N) is 1. The number of para-hydroxylation sites is 1. The molecule has 0 N–H and O–H groups in total. The van der Waals surface area contributed by atoms with E-state index in [4.69, 9.17) is 9.47 Å². The number of hydrogen-bond donors (Lipinski definition) is 0. The summed E-state index contributed by atoms with van der Waals surface area (Å²) in [5.74, 6) is 0.640. The fourth-order valence-corrected chi connectivity index (χ4v) is 2.64. The van der Waals surface area contributed by atoms with Crippen molar-refractivity contribution < 1.29 is 19.1 Å². The Hall–Kier alpha value is -2.04. The lowest BCUT2D eigenvalue weighted by Gasteiger charge is -2.18. The van der Waals surface area contributed by atoms with Gasteiger partial charge in [0.15, 0.2) is 0 Å². The van der Waals surface area contributed by atoms with Gasteiger partial charge >= 0.3 is 5.97 Å². The Kier molecular flexibility index (Phi) is 6.44. The van der Waals surface area contributed by atoms with E-state index in [-0.39, 0.29) is 17.8 Å². The van der Waals surface area contributed by atoms with E-state index in [9.17, 15) is 9.59 Å². The third-order valence-corrected chi connectivity index (χ3v) is 4.21. The lowest BCUT2D eigenvalue weighted by molar-refractivity contribution is -0.141. The molecule has 1 aliphatic rings. The molecule has 1 aromatic carbocycles. The summed E-state index contributed by atoms with van der Waals surface area (Å²) in [4.78, 5) is 25.1. The number of carbonyl (C=O) groups excluding carboxylic acids is 2. The normalized spacial score (nSPS) is 17.0. The van der Waals surface area contributed by atoms with Gasteiger partial charge in [0.25, 0.3) is 0 Å². The molecule has 0 aromatic heterocycles. The standard InChI is InChI=1S/C18H25NO4/c1-3-14-6-4-5-7-16(14)22-13-11-19(2)17(20)9-8-15-10-12-23-18(15)21/h4-7,15H,3,8-13H2,1-2H3/t15-/m0/s1. The first-order valence-corrected chi connectivity index (χ1v) is 8.23. The first-order chi connectivity index (χ1) is 11.1. The molecule has 0 bridgehead atoms. The van der Waals surface area contributed by atoms with Crippen LogP contribution < -0.4 is 4.74 Å². The Morgan fingerprint density at radius 1 is 1.39 bits per heavy atom. The molecule has 0 unspecified atom stereocenters. The zero-order valence-electron chi connectivity index (χ0n) is 13.9. The van der Waals surface area contributed by atoms with Crippen LogP contribution in [0.1, 0.15) is 31.7 Å². The fourth-order valence-electron chi connectivity index (χ4n) is 2.64. The lowest BCUT2D eigenvalue weighted by atomic mass is 10.0. The molecule has 0 saturated carbocycles. The van der Waals surface area contributed by atoms with E-state index in [1.807, 2.05) is 24.3 Å². The van der Waals surface area contributed by atoms with Crippen molar-refractivity contribution in [1.29, 1.82) is 0 Å². The number of esters is 1. The highest BCUT2D eigenvalue weighted by molar-refractivity contribution is 5.78. The minimum atomic E-state index is -0.167. The third-order valence-electron chi connectivity index (χ3n) is 4.21. The van der Waals surface area contributed by atoms with Crippen LogP contribution >= 0.6 is 0 Å². The van der Waals surface area contributed by atoms with Crippen LogP contribution in [0.4, 0.5) is 0 Å². The molecule has 2 rings (SSSR count). The van der Waals surface area contributed by atoms with E-state index in [2.05, 4.69) is 6.92 Å². The highest BCUT2D eigenvalue weighted by Gasteiger charge is 2.27. The maximum Gasteiger partial charge on any atom is 0.309 e. The van der Waals surface area contributed by atoms with Gasteiger partial charge in [-0.15, -0.1) is 0 Å². The summed E-state index contributed by atoms with van der Waals surface area (Å²) in [5.41, 5.74) is 1.17. The van der Waals surface area contributed by atoms with Crippen molar-refractivity contribution in [2.75, 3.05) is 26.8 Å². The predicted molar refractivity (Wildman–Crippen MR) is 87.3 cm³/mol. The summed E-state index contributed by atoms with van der Waals surface area (Å²) in [7, 11) is 1.77. The van der Waals surface area contributed by atoms with Gasteiger partial charge in [-0.2, -0.15) is 0 Å². The van der Waals surface area contributed by atoms with Crippen LogP contribution in [0.5, 0.6) is 5.75 Å². The Balaban J connectivity index is 1.70. The number of carbonyl (C=O) groups is 2. The van der Waals surface area contributed by atoms with Crippen molar-refractivity contribution in [3.63, 3.8) is 0 Å². The van der Waals surface area contributed by atoms with E-state index in [0.29, 0.717) is 32.6 Å². The van der Waals surface area contributed by atoms with Crippen molar-refractivity contribution in [1.82, 2.24) is 4.90 Å². The quantitative estimate of drug-likeness (QED) is 0.691. The maximum absolute atomic E-state index is 12.1. The van der Waals surface area contributed by atoms with Gasteiger partial charge in [-0.3, -0.25) is 9.59 Å². The van der Waals surface area contributed by atoms with Crippen LogP contribution in [0.2, 0.25) is 0 Å².